The average molecular weight is 259 g/mol. The van der Waals surface area contributed by atoms with E-state index in [0.29, 0.717) is 12.6 Å². The molecular weight excluding hydrogens is 243 g/mol. The number of hydrogen-bond acceptors (Lipinski definition) is 3. The van der Waals surface area contributed by atoms with E-state index >= 15 is 0 Å². The van der Waals surface area contributed by atoms with Gasteiger partial charge in [-0.25, -0.2) is 4.98 Å². The molecule has 2 heterocycles. The standard InChI is InChI=1S/C12H16F3N3/c13-12(14,15)9-3-6-17-11(8-9)18-7-4-10-2-1-5-16-10/h3,6,8,10,16H,1-2,4-5,7H2,(H,17,18). The second kappa shape index (κ2) is 5.56. The Morgan fingerprint density at radius 3 is 2.94 bits per heavy atom. The van der Waals surface area contributed by atoms with E-state index in [-0.39, 0.29) is 5.82 Å². The minimum atomic E-state index is -4.31. The molecule has 0 bridgehead atoms. The number of rotatable bonds is 4. The largest absolute Gasteiger partial charge is 0.416 e. The lowest BCUT2D eigenvalue weighted by molar-refractivity contribution is -0.137. The number of alkyl halides is 3. The van der Waals surface area contributed by atoms with Crippen LogP contribution >= 0.6 is 0 Å². The van der Waals surface area contributed by atoms with Gasteiger partial charge in [-0.05, 0) is 37.9 Å². The molecule has 1 aliphatic rings. The first-order valence-electron chi connectivity index (χ1n) is 6.06. The predicted octanol–water partition coefficient (Wildman–Crippen LogP) is 2.65. The highest BCUT2D eigenvalue weighted by molar-refractivity contribution is 5.38. The van der Waals surface area contributed by atoms with Crippen LogP contribution < -0.4 is 10.6 Å². The predicted molar refractivity (Wildman–Crippen MR) is 63.4 cm³/mol. The van der Waals surface area contributed by atoms with Gasteiger partial charge in [0.25, 0.3) is 0 Å². The third-order valence-electron chi connectivity index (χ3n) is 3.05. The van der Waals surface area contributed by atoms with Crippen molar-refractivity contribution in [3.8, 4) is 0 Å². The van der Waals surface area contributed by atoms with Crippen LogP contribution in [0.25, 0.3) is 0 Å². The van der Waals surface area contributed by atoms with E-state index in [9.17, 15) is 13.2 Å². The number of anilines is 1. The minimum absolute atomic E-state index is 0.280. The Morgan fingerprint density at radius 2 is 2.28 bits per heavy atom. The summed E-state index contributed by atoms with van der Waals surface area (Å²) in [6, 6.07) is 2.49. The zero-order chi connectivity index (χ0) is 13.0. The van der Waals surface area contributed by atoms with E-state index in [0.717, 1.165) is 31.5 Å². The van der Waals surface area contributed by atoms with E-state index in [2.05, 4.69) is 15.6 Å². The fourth-order valence-corrected chi connectivity index (χ4v) is 2.08. The topological polar surface area (TPSA) is 37.0 Å². The number of nitrogens with zero attached hydrogens (tertiary/aromatic N) is 1. The highest BCUT2D eigenvalue weighted by Gasteiger charge is 2.30. The quantitative estimate of drug-likeness (QED) is 0.872. The molecule has 0 aliphatic carbocycles. The van der Waals surface area contributed by atoms with Gasteiger partial charge in [-0.2, -0.15) is 13.2 Å². The molecule has 0 amide bonds. The van der Waals surface area contributed by atoms with Crippen molar-refractivity contribution in [3.05, 3.63) is 23.9 Å². The molecule has 1 saturated heterocycles. The summed E-state index contributed by atoms with van der Waals surface area (Å²) in [6.45, 7) is 1.67. The van der Waals surface area contributed by atoms with Crippen molar-refractivity contribution in [2.45, 2.75) is 31.5 Å². The lowest BCUT2D eigenvalue weighted by Crippen LogP contribution is -2.24. The van der Waals surface area contributed by atoms with E-state index in [1.807, 2.05) is 0 Å². The van der Waals surface area contributed by atoms with Gasteiger partial charge in [-0.15, -0.1) is 0 Å². The smallest absolute Gasteiger partial charge is 0.370 e. The van der Waals surface area contributed by atoms with E-state index in [4.69, 9.17) is 0 Å². The first-order valence-corrected chi connectivity index (χ1v) is 6.06. The van der Waals surface area contributed by atoms with Crippen LogP contribution in [-0.2, 0) is 6.18 Å². The van der Waals surface area contributed by atoms with Crippen LogP contribution in [0, 0.1) is 0 Å². The van der Waals surface area contributed by atoms with Gasteiger partial charge in [-0.1, -0.05) is 0 Å². The molecule has 1 aromatic heterocycles. The summed E-state index contributed by atoms with van der Waals surface area (Å²) in [5.74, 6) is 0.280. The number of hydrogen-bond donors (Lipinski definition) is 2. The third-order valence-corrected chi connectivity index (χ3v) is 3.05. The molecule has 1 aromatic rings. The fraction of sp³-hybridized carbons (Fsp3) is 0.583. The molecule has 1 fully saturated rings. The second-order valence-electron chi connectivity index (χ2n) is 4.44. The molecule has 1 aliphatic heterocycles. The Hall–Kier alpha value is -1.30. The summed E-state index contributed by atoms with van der Waals surface area (Å²) in [7, 11) is 0. The van der Waals surface area contributed by atoms with Crippen molar-refractivity contribution < 1.29 is 13.2 Å². The molecule has 2 rings (SSSR count). The highest BCUT2D eigenvalue weighted by Crippen LogP contribution is 2.29. The van der Waals surface area contributed by atoms with Crippen molar-refractivity contribution in [1.29, 1.82) is 0 Å². The van der Waals surface area contributed by atoms with Gasteiger partial charge in [0.1, 0.15) is 5.82 Å². The van der Waals surface area contributed by atoms with Crippen LogP contribution in [0.1, 0.15) is 24.8 Å². The zero-order valence-electron chi connectivity index (χ0n) is 9.93. The molecule has 18 heavy (non-hydrogen) atoms. The monoisotopic (exact) mass is 259 g/mol. The van der Waals surface area contributed by atoms with Crippen molar-refractivity contribution >= 4 is 5.82 Å². The van der Waals surface area contributed by atoms with Gasteiger partial charge < -0.3 is 10.6 Å². The van der Waals surface area contributed by atoms with Crippen LogP contribution in [0.5, 0.6) is 0 Å². The fourth-order valence-electron chi connectivity index (χ4n) is 2.08. The minimum Gasteiger partial charge on any atom is -0.370 e. The molecule has 0 spiro atoms. The first kappa shape index (κ1) is 13.1. The Kier molecular flexibility index (Phi) is 4.06. The van der Waals surface area contributed by atoms with Crippen molar-refractivity contribution in [2.24, 2.45) is 0 Å². The molecule has 100 valence electrons. The van der Waals surface area contributed by atoms with Crippen LogP contribution in [-0.4, -0.2) is 24.1 Å². The summed E-state index contributed by atoms with van der Waals surface area (Å²) in [5.41, 5.74) is -0.668. The molecule has 2 N–H and O–H groups in total. The van der Waals surface area contributed by atoms with Crippen LogP contribution in [0.3, 0.4) is 0 Å². The third kappa shape index (κ3) is 3.60. The Labute approximate surface area is 104 Å². The summed E-state index contributed by atoms with van der Waals surface area (Å²) in [6.07, 6.45) is 0.0768. The maximum absolute atomic E-state index is 12.5. The Balaban J connectivity index is 1.85. The summed E-state index contributed by atoms with van der Waals surface area (Å²) < 4.78 is 37.4. The molecule has 1 atom stereocenters. The molecule has 0 radical (unpaired) electrons. The number of pyridine rings is 1. The van der Waals surface area contributed by atoms with Crippen molar-refractivity contribution in [2.75, 3.05) is 18.4 Å². The van der Waals surface area contributed by atoms with E-state index < -0.39 is 11.7 Å². The van der Waals surface area contributed by atoms with E-state index in [1.54, 1.807) is 0 Å². The maximum Gasteiger partial charge on any atom is 0.416 e. The molecular formula is C12H16F3N3. The Morgan fingerprint density at radius 1 is 1.44 bits per heavy atom. The van der Waals surface area contributed by atoms with Gasteiger partial charge in [0, 0.05) is 18.8 Å². The first-order chi connectivity index (χ1) is 8.55. The van der Waals surface area contributed by atoms with Crippen molar-refractivity contribution in [3.63, 3.8) is 0 Å². The van der Waals surface area contributed by atoms with Crippen LogP contribution in [0.4, 0.5) is 19.0 Å². The summed E-state index contributed by atoms with van der Waals surface area (Å²) in [5, 5.41) is 6.27. The molecule has 0 saturated carbocycles. The molecule has 0 aromatic carbocycles. The second-order valence-corrected chi connectivity index (χ2v) is 4.44. The number of nitrogens with one attached hydrogen (secondary N) is 2. The maximum atomic E-state index is 12.5. The lowest BCUT2D eigenvalue weighted by Gasteiger charge is -2.12. The van der Waals surface area contributed by atoms with Crippen LogP contribution in [0.15, 0.2) is 18.3 Å². The molecule has 3 nitrogen and oxygen atoms in total. The average Bonchev–Trinajstić information content (AvgIpc) is 2.81. The van der Waals surface area contributed by atoms with Crippen molar-refractivity contribution in [1.82, 2.24) is 10.3 Å². The lowest BCUT2D eigenvalue weighted by atomic mass is 10.1. The summed E-state index contributed by atoms with van der Waals surface area (Å²) >= 11 is 0. The van der Waals surface area contributed by atoms with Gasteiger partial charge in [0.15, 0.2) is 0 Å². The normalized spacial score (nSPS) is 20.1. The number of halogens is 3. The number of aromatic nitrogens is 1. The summed E-state index contributed by atoms with van der Waals surface area (Å²) in [4.78, 5) is 3.89. The van der Waals surface area contributed by atoms with E-state index in [1.165, 1.54) is 12.6 Å². The Bertz CT molecular complexity index is 386. The highest BCUT2D eigenvalue weighted by atomic mass is 19.4. The van der Waals surface area contributed by atoms with Crippen LogP contribution in [0.2, 0.25) is 0 Å². The zero-order valence-corrected chi connectivity index (χ0v) is 9.93. The molecule has 6 heteroatoms. The van der Waals surface area contributed by atoms with Gasteiger partial charge in [0.2, 0.25) is 0 Å². The molecule has 1 unspecified atom stereocenters. The van der Waals surface area contributed by atoms with Gasteiger partial charge in [-0.3, -0.25) is 0 Å². The SMILES string of the molecule is FC(F)(F)c1ccnc(NCCC2CCCN2)c1. The van der Waals surface area contributed by atoms with Gasteiger partial charge in [0.05, 0.1) is 5.56 Å². The van der Waals surface area contributed by atoms with Gasteiger partial charge >= 0.3 is 6.18 Å².